The van der Waals surface area contributed by atoms with Gasteiger partial charge in [-0.15, -0.1) is 0 Å². The first-order valence-electron chi connectivity index (χ1n) is 8.03. The van der Waals surface area contributed by atoms with Gasteiger partial charge in [-0.2, -0.15) is 13.2 Å². The third kappa shape index (κ3) is 4.39. The van der Waals surface area contributed by atoms with E-state index in [0.717, 1.165) is 17.7 Å². The molecule has 1 amide bonds. The van der Waals surface area contributed by atoms with Crippen LogP contribution >= 0.6 is 0 Å². The molecule has 3 N–H and O–H groups in total. The summed E-state index contributed by atoms with van der Waals surface area (Å²) in [6, 6.07) is 10.0. The second-order valence-corrected chi connectivity index (χ2v) is 6.09. The van der Waals surface area contributed by atoms with Crippen LogP contribution in [0.4, 0.5) is 17.6 Å². The first kappa shape index (κ1) is 18.3. The highest BCUT2D eigenvalue weighted by atomic mass is 19.4. The summed E-state index contributed by atoms with van der Waals surface area (Å²) in [7, 11) is 0. The van der Waals surface area contributed by atoms with Crippen molar-refractivity contribution in [1.82, 2.24) is 16.2 Å². The molecule has 26 heavy (non-hydrogen) atoms. The summed E-state index contributed by atoms with van der Waals surface area (Å²) in [5.41, 5.74) is 6.58. The van der Waals surface area contributed by atoms with Crippen molar-refractivity contribution in [3.63, 3.8) is 0 Å². The molecule has 0 radical (unpaired) electrons. The van der Waals surface area contributed by atoms with Crippen LogP contribution in [0.3, 0.4) is 0 Å². The summed E-state index contributed by atoms with van der Waals surface area (Å²) < 4.78 is 50.6. The number of amides is 1. The number of nitrogens with one attached hydrogen (secondary N) is 3. The van der Waals surface area contributed by atoms with E-state index < -0.39 is 17.8 Å². The lowest BCUT2D eigenvalue weighted by molar-refractivity contribution is -0.137. The van der Waals surface area contributed by atoms with Crippen molar-refractivity contribution in [1.29, 1.82) is 0 Å². The smallest absolute Gasteiger partial charge is 0.351 e. The van der Waals surface area contributed by atoms with Gasteiger partial charge in [0.2, 0.25) is 5.91 Å². The molecule has 1 aliphatic heterocycles. The third-order valence-corrected chi connectivity index (χ3v) is 4.24. The van der Waals surface area contributed by atoms with Gasteiger partial charge in [-0.1, -0.05) is 24.3 Å². The third-order valence-electron chi connectivity index (χ3n) is 4.24. The Hall–Kier alpha value is -2.45. The van der Waals surface area contributed by atoms with E-state index in [4.69, 9.17) is 0 Å². The van der Waals surface area contributed by atoms with Crippen molar-refractivity contribution in [2.45, 2.75) is 31.2 Å². The van der Waals surface area contributed by atoms with E-state index in [1.807, 2.05) is 0 Å². The van der Waals surface area contributed by atoms with Crippen molar-refractivity contribution in [3.8, 4) is 0 Å². The zero-order valence-corrected chi connectivity index (χ0v) is 13.6. The largest absolute Gasteiger partial charge is 0.416 e. The van der Waals surface area contributed by atoms with Crippen molar-refractivity contribution in [3.05, 3.63) is 71.0 Å². The number of hydrogen-bond acceptors (Lipinski definition) is 3. The molecular weight excluding hydrogens is 350 g/mol. The SMILES string of the molecule is O=C(NCc1ccc(C(F)(F)F)cc1)C1CC(c2ccc(F)cc2)NN1. The van der Waals surface area contributed by atoms with Gasteiger partial charge in [0.25, 0.3) is 0 Å². The zero-order valence-electron chi connectivity index (χ0n) is 13.6. The summed E-state index contributed by atoms with van der Waals surface area (Å²) >= 11 is 0. The molecule has 0 saturated carbocycles. The van der Waals surface area contributed by atoms with Gasteiger partial charge in [-0.05, 0) is 41.8 Å². The molecule has 1 aliphatic rings. The summed E-state index contributed by atoms with van der Waals surface area (Å²) in [6.07, 6.45) is -3.90. The molecule has 2 aromatic rings. The van der Waals surface area contributed by atoms with Gasteiger partial charge < -0.3 is 5.32 Å². The number of carbonyl (C=O) groups is 1. The van der Waals surface area contributed by atoms with Gasteiger partial charge >= 0.3 is 6.18 Å². The van der Waals surface area contributed by atoms with E-state index in [0.29, 0.717) is 12.0 Å². The van der Waals surface area contributed by atoms with Gasteiger partial charge in [0.05, 0.1) is 5.56 Å². The molecule has 0 spiro atoms. The highest BCUT2D eigenvalue weighted by Crippen LogP contribution is 2.29. The Bertz CT molecular complexity index is 760. The standard InChI is InChI=1S/C18H17F4N3O/c19-14-7-3-12(4-8-14)15-9-16(25-24-15)17(26)23-10-11-1-5-13(6-2-11)18(20,21)22/h1-8,15-16,24-25H,9-10H2,(H,23,26). The molecule has 2 atom stereocenters. The molecule has 0 bridgehead atoms. The second-order valence-electron chi connectivity index (χ2n) is 6.09. The van der Waals surface area contributed by atoms with E-state index in [1.54, 1.807) is 12.1 Å². The summed E-state index contributed by atoms with van der Waals surface area (Å²) in [6.45, 7) is 0.135. The van der Waals surface area contributed by atoms with Crippen LogP contribution in [-0.4, -0.2) is 11.9 Å². The molecule has 8 heteroatoms. The van der Waals surface area contributed by atoms with Gasteiger partial charge in [-0.25, -0.2) is 15.2 Å². The fourth-order valence-corrected chi connectivity index (χ4v) is 2.77. The summed E-state index contributed by atoms with van der Waals surface area (Å²) in [4.78, 5) is 12.2. The molecule has 138 valence electrons. The average molecular weight is 367 g/mol. The van der Waals surface area contributed by atoms with Crippen LogP contribution in [0.5, 0.6) is 0 Å². The number of alkyl halides is 3. The normalized spacial score (nSPS) is 20.2. The topological polar surface area (TPSA) is 53.2 Å². The molecular formula is C18H17F4N3O. The predicted molar refractivity (Wildman–Crippen MR) is 87.1 cm³/mol. The van der Waals surface area contributed by atoms with Crippen molar-refractivity contribution in [2.75, 3.05) is 0 Å². The Kier molecular flexibility index (Phi) is 5.24. The van der Waals surface area contributed by atoms with Crippen LogP contribution in [0.2, 0.25) is 0 Å². The molecule has 1 heterocycles. The number of carbonyl (C=O) groups excluding carboxylic acids is 1. The minimum absolute atomic E-state index is 0.127. The molecule has 4 nitrogen and oxygen atoms in total. The van der Waals surface area contributed by atoms with Gasteiger partial charge in [0, 0.05) is 12.6 Å². The maximum atomic E-state index is 13.0. The number of halogens is 4. The van der Waals surface area contributed by atoms with Gasteiger partial charge in [0.1, 0.15) is 11.9 Å². The monoisotopic (exact) mass is 367 g/mol. The Labute approximate surface area is 147 Å². The fraction of sp³-hybridized carbons (Fsp3) is 0.278. The van der Waals surface area contributed by atoms with Crippen molar-refractivity contribution < 1.29 is 22.4 Å². The average Bonchev–Trinajstić information content (AvgIpc) is 3.10. The number of rotatable bonds is 4. The Morgan fingerprint density at radius 1 is 1.04 bits per heavy atom. The first-order valence-corrected chi connectivity index (χ1v) is 8.03. The Morgan fingerprint density at radius 2 is 1.69 bits per heavy atom. The lowest BCUT2D eigenvalue weighted by Gasteiger charge is -2.12. The fourth-order valence-electron chi connectivity index (χ4n) is 2.77. The Morgan fingerprint density at radius 3 is 2.31 bits per heavy atom. The molecule has 2 unspecified atom stereocenters. The minimum Gasteiger partial charge on any atom is -0.351 e. The van der Waals surface area contributed by atoms with E-state index in [-0.39, 0.29) is 24.3 Å². The molecule has 1 saturated heterocycles. The summed E-state index contributed by atoms with van der Waals surface area (Å²) in [5, 5.41) is 2.70. The van der Waals surface area contributed by atoms with Crippen LogP contribution in [0, 0.1) is 5.82 Å². The first-order chi connectivity index (χ1) is 12.3. The molecule has 2 aromatic carbocycles. The maximum absolute atomic E-state index is 13.0. The molecule has 1 fully saturated rings. The van der Waals surface area contributed by atoms with E-state index >= 15 is 0 Å². The highest BCUT2D eigenvalue weighted by Gasteiger charge is 2.31. The minimum atomic E-state index is -4.38. The molecule has 0 aromatic heterocycles. The van der Waals surface area contributed by atoms with Crippen LogP contribution < -0.4 is 16.2 Å². The van der Waals surface area contributed by atoms with Gasteiger partial charge in [0.15, 0.2) is 0 Å². The Balaban J connectivity index is 1.52. The van der Waals surface area contributed by atoms with E-state index in [2.05, 4.69) is 16.2 Å². The molecule has 3 rings (SSSR count). The van der Waals surface area contributed by atoms with Crippen molar-refractivity contribution in [2.24, 2.45) is 0 Å². The van der Waals surface area contributed by atoms with Gasteiger partial charge in [-0.3, -0.25) is 4.79 Å². The predicted octanol–water partition coefficient (Wildman–Crippen LogP) is 3.07. The van der Waals surface area contributed by atoms with E-state index in [1.165, 1.54) is 24.3 Å². The van der Waals surface area contributed by atoms with Crippen molar-refractivity contribution >= 4 is 5.91 Å². The highest BCUT2D eigenvalue weighted by molar-refractivity contribution is 5.82. The number of benzene rings is 2. The van der Waals surface area contributed by atoms with Crippen LogP contribution in [0.15, 0.2) is 48.5 Å². The van der Waals surface area contributed by atoms with E-state index in [9.17, 15) is 22.4 Å². The summed E-state index contributed by atoms with van der Waals surface area (Å²) in [5.74, 6) is -0.590. The lowest BCUT2D eigenvalue weighted by atomic mass is 10.0. The lowest BCUT2D eigenvalue weighted by Crippen LogP contribution is -2.42. The maximum Gasteiger partial charge on any atom is 0.416 e. The molecule has 0 aliphatic carbocycles. The number of hydrazine groups is 1. The van der Waals surface area contributed by atoms with Crippen LogP contribution in [-0.2, 0) is 17.5 Å². The number of hydrogen-bond donors (Lipinski definition) is 3. The zero-order chi connectivity index (χ0) is 18.7. The second kappa shape index (κ2) is 7.43. The van der Waals surface area contributed by atoms with Crippen LogP contribution in [0.1, 0.15) is 29.2 Å². The quantitative estimate of drug-likeness (QED) is 0.728. The van der Waals surface area contributed by atoms with Crippen LogP contribution in [0.25, 0.3) is 0 Å².